The fourth-order valence-corrected chi connectivity index (χ4v) is 2.24. The third-order valence-electron chi connectivity index (χ3n) is 3.46. The topological polar surface area (TPSA) is 61.4 Å². The predicted molar refractivity (Wildman–Crippen MR) is 87.5 cm³/mol. The quantitative estimate of drug-likeness (QED) is 0.768. The van der Waals surface area contributed by atoms with Crippen LogP contribution in [0.4, 0.5) is 4.79 Å². The Morgan fingerprint density at radius 3 is 2.27 bits per heavy atom. The summed E-state index contributed by atoms with van der Waals surface area (Å²) in [7, 11) is 0. The van der Waals surface area contributed by atoms with Crippen molar-refractivity contribution in [1.82, 2.24) is 10.6 Å². The van der Waals surface area contributed by atoms with Gasteiger partial charge in [-0.1, -0.05) is 60.7 Å². The third kappa shape index (κ3) is 5.22. The van der Waals surface area contributed by atoms with Crippen molar-refractivity contribution in [3.05, 3.63) is 71.8 Å². The molecule has 0 fully saturated rings. The second kappa shape index (κ2) is 8.20. The van der Waals surface area contributed by atoms with Crippen LogP contribution in [0.2, 0.25) is 0 Å². The van der Waals surface area contributed by atoms with Crippen LogP contribution in [-0.2, 0) is 6.42 Å². The summed E-state index contributed by atoms with van der Waals surface area (Å²) in [5.74, 6) is 0. The van der Waals surface area contributed by atoms with Crippen LogP contribution in [0.15, 0.2) is 60.7 Å². The van der Waals surface area contributed by atoms with Crippen LogP contribution in [0.25, 0.3) is 0 Å². The van der Waals surface area contributed by atoms with Gasteiger partial charge < -0.3 is 15.7 Å². The van der Waals surface area contributed by atoms with Crippen molar-refractivity contribution in [2.24, 2.45) is 0 Å². The molecule has 1 unspecified atom stereocenters. The standard InChI is InChI=1S/C18H22N2O2/c1-14(16-10-6-3-7-11-16)20-18(22)19-13-17(21)12-15-8-4-2-5-9-15/h2-11,14,17,21H,12-13H2,1H3,(H2,19,20,22)/t14-,17?/m0/s1. The average Bonchev–Trinajstić information content (AvgIpc) is 2.55. The number of nitrogens with one attached hydrogen (secondary N) is 2. The van der Waals surface area contributed by atoms with E-state index in [4.69, 9.17) is 0 Å². The van der Waals surface area contributed by atoms with Crippen molar-refractivity contribution in [2.75, 3.05) is 6.54 Å². The molecule has 0 spiro atoms. The average molecular weight is 298 g/mol. The molecule has 22 heavy (non-hydrogen) atoms. The maximum atomic E-state index is 11.9. The Bertz CT molecular complexity index is 572. The van der Waals surface area contributed by atoms with Gasteiger partial charge in [0.1, 0.15) is 0 Å². The highest BCUT2D eigenvalue weighted by Gasteiger charge is 2.11. The summed E-state index contributed by atoms with van der Waals surface area (Å²) in [5.41, 5.74) is 2.09. The van der Waals surface area contributed by atoms with E-state index in [1.807, 2.05) is 67.6 Å². The number of rotatable bonds is 6. The van der Waals surface area contributed by atoms with Crippen molar-refractivity contribution in [1.29, 1.82) is 0 Å². The zero-order valence-electron chi connectivity index (χ0n) is 12.7. The molecule has 0 heterocycles. The Morgan fingerprint density at radius 1 is 1.05 bits per heavy atom. The molecule has 2 aromatic rings. The van der Waals surface area contributed by atoms with Gasteiger partial charge in [-0.05, 0) is 18.1 Å². The molecule has 0 aromatic heterocycles. The van der Waals surface area contributed by atoms with Gasteiger partial charge in [0.2, 0.25) is 0 Å². The number of benzene rings is 2. The second-order valence-corrected chi connectivity index (χ2v) is 5.33. The van der Waals surface area contributed by atoms with E-state index in [-0.39, 0.29) is 18.6 Å². The maximum absolute atomic E-state index is 11.9. The first-order valence-corrected chi connectivity index (χ1v) is 7.46. The van der Waals surface area contributed by atoms with Crippen LogP contribution in [0.3, 0.4) is 0 Å². The number of carbonyl (C=O) groups excluding carboxylic acids is 1. The van der Waals surface area contributed by atoms with E-state index in [1.54, 1.807) is 0 Å². The van der Waals surface area contributed by atoms with E-state index >= 15 is 0 Å². The van der Waals surface area contributed by atoms with Gasteiger partial charge in [-0.25, -0.2) is 4.79 Å². The fraction of sp³-hybridized carbons (Fsp3) is 0.278. The molecular weight excluding hydrogens is 276 g/mol. The molecule has 116 valence electrons. The van der Waals surface area contributed by atoms with Crippen LogP contribution >= 0.6 is 0 Å². The van der Waals surface area contributed by atoms with E-state index < -0.39 is 6.10 Å². The lowest BCUT2D eigenvalue weighted by atomic mass is 10.1. The highest BCUT2D eigenvalue weighted by molar-refractivity contribution is 5.74. The Kier molecular flexibility index (Phi) is 5.98. The lowest BCUT2D eigenvalue weighted by Gasteiger charge is -2.16. The van der Waals surface area contributed by atoms with Gasteiger partial charge in [0.25, 0.3) is 0 Å². The molecule has 3 N–H and O–H groups in total. The summed E-state index contributed by atoms with van der Waals surface area (Å²) in [6, 6.07) is 19.1. The van der Waals surface area contributed by atoms with E-state index in [9.17, 15) is 9.90 Å². The summed E-state index contributed by atoms with van der Waals surface area (Å²) in [5, 5.41) is 15.5. The monoisotopic (exact) mass is 298 g/mol. The lowest BCUT2D eigenvalue weighted by molar-refractivity contribution is 0.170. The Balaban J connectivity index is 1.73. The van der Waals surface area contributed by atoms with Crippen molar-refractivity contribution >= 4 is 6.03 Å². The van der Waals surface area contributed by atoms with Gasteiger partial charge in [-0.3, -0.25) is 0 Å². The Morgan fingerprint density at radius 2 is 1.64 bits per heavy atom. The number of carbonyl (C=O) groups is 1. The molecule has 0 radical (unpaired) electrons. The smallest absolute Gasteiger partial charge is 0.315 e. The number of aliphatic hydroxyl groups excluding tert-OH is 1. The molecule has 0 aliphatic rings. The van der Waals surface area contributed by atoms with Gasteiger partial charge in [-0.15, -0.1) is 0 Å². The fourth-order valence-electron chi connectivity index (χ4n) is 2.24. The highest BCUT2D eigenvalue weighted by Crippen LogP contribution is 2.10. The van der Waals surface area contributed by atoms with Gasteiger partial charge in [0.15, 0.2) is 0 Å². The molecule has 2 amide bonds. The number of urea groups is 1. The molecular formula is C18H22N2O2. The molecule has 0 aliphatic carbocycles. The first kappa shape index (κ1) is 16.0. The van der Waals surface area contributed by atoms with E-state index in [0.717, 1.165) is 11.1 Å². The molecule has 2 aromatic carbocycles. The van der Waals surface area contributed by atoms with Crippen LogP contribution < -0.4 is 10.6 Å². The second-order valence-electron chi connectivity index (χ2n) is 5.33. The minimum atomic E-state index is -0.597. The number of hydrogen-bond acceptors (Lipinski definition) is 2. The van der Waals surface area contributed by atoms with Crippen LogP contribution in [0.1, 0.15) is 24.1 Å². The Hall–Kier alpha value is -2.33. The molecule has 0 saturated heterocycles. The summed E-state index contributed by atoms with van der Waals surface area (Å²) in [6.45, 7) is 2.15. The largest absolute Gasteiger partial charge is 0.391 e. The molecule has 4 heteroatoms. The van der Waals surface area contributed by atoms with Crippen LogP contribution in [0.5, 0.6) is 0 Å². The zero-order chi connectivity index (χ0) is 15.8. The number of aliphatic hydroxyl groups is 1. The summed E-state index contributed by atoms with van der Waals surface area (Å²) in [6.07, 6.45) is -0.0739. The van der Waals surface area contributed by atoms with Crippen LogP contribution in [-0.4, -0.2) is 23.8 Å². The molecule has 4 nitrogen and oxygen atoms in total. The highest BCUT2D eigenvalue weighted by atomic mass is 16.3. The molecule has 2 atom stereocenters. The van der Waals surface area contributed by atoms with Gasteiger partial charge in [0.05, 0.1) is 12.1 Å². The Labute approximate surface area is 131 Å². The molecule has 0 saturated carbocycles. The normalized spacial score (nSPS) is 13.2. The lowest BCUT2D eigenvalue weighted by Crippen LogP contribution is -2.41. The molecule has 0 bridgehead atoms. The van der Waals surface area contributed by atoms with Crippen molar-refractivity contribution in [3.63, 3.8) is 0 Å². The van der Waals surface area contributed by atoms with Crippen molar-refractivity contribution in [3.8, 4) is 0 Å². The van der Waals surface area contributed by atoms with E-state index in [1.165, 1.54) is 0 Å². The third-order valence-corrected chi connectivity index (χ3v) is 3.46. The van der Waals surface area contributed by atoms with Gasteiger partial charge in [-0.2, -0.15) is 0 Å². The van der Waals surface area contributed by atoms with E-state index in [2.05, 4.69) is 10.6 Å². The van der Waals surface area contributed by atoms with Gasteiger partial charge in [0, 0.05) is 13.0 Å². The summed E-state index contributed by atoms with van der Waals surface area (Å²) < 4.78 is 0. The minimum Gasteiger partial charge on any atom is -0.391 e. The predicted octanol–water partition coefficient (Wildman–Crippen LogP) is 2.65. The minimum absolute atomic E-state index is 0.0764. The number of amides is 2. The summed E-state index contributed by atoms with van der Waals surface area (Å²) in [4.78, 5) is 11.9. The van der Waals surface area contributed by atoms with Crippen LogP contribution in [0, 0.1) is 0 Å². The van der Waals surface area contributed by atoms with Crippen molar-refractivity contribution < 1.29 is 9.90 Å². The molecule has 2 rings (SSSR count). The van der Waals surface area contributed by atoms with Crippen molar-refractivity contribution in [2.45, 2.75) is 25.5 Å². The first-order chi connectivity index (χ1) is 10.6. The maximum Gasteiger partial charge on any atom is 0.315 e. The molecule has 0 aliphatic heterocycles. The summed E-state index contributed by atoms with van der Waals surface area (Å²) >= 11 is 0. The first-order valence-electron chi connectivity index (χ1n) is 7.46. The number of hydrogen-bond donors (Lipinski definition) is 3. The van der Waals surface area contributed by atoms with E-state index in [0.29, 0.717) is 6.42 Å². The zero-order valence-corrected chi connectivity index (χ0v) is 12.7. The SMILES string of the molecule is C[C@H](NC(=O)NCC(O)Cc1ccccc1)c1ccccc1. The van der Waals surface area contributed by atoms with Gasteiger partial charge >= 0.3 is 6.03 Å².